The third kappa shape index (κ3) is 1.83. The summed E-state index contributed by atoms with van der Waals surface area (Å²) in [5.74, 6) is -0.527. The summed E-state index contributed by atoms with van der Waals surface area (Å²) in [5.41, 5.74) is 0.221. The number of Topliss-reactive ketones (excluding diaryl/α,β-unsaturated/α-hetero) is 1. The van der Waals surface area contributed by atoms with Crippen LogP contribution in [-0.4, -0.2) is 17.9 Å². The molecular weight excluding hydrogens is 285 g/mol. The molecule has 2 fully saturated rings. The van der Waals surface area contributed by atoms with Gasteiger partial charge in [0.2, 0.25) is 0 Å². The molecule has 2 nitrogen and oxygen atoms in total. The van der Waals surface area contributed by atoms with Crippen molar-refractivity contribution in [1.29, 1.82) is 0 Å². The number of benzene rings is 1. The van der Waals surface area contributed by atoms with Crippen molar-refractivity contribution < 1.29 is 9.18 Å². The molecule has 0 saturated carbocycles. The van der Waals surface area contributed by atoms with E-state index in [0.717, 1.165) is 19.3 Å². The molecule has 3 rings (SSSR count). The Bertz CT molecular complexity index is 476. The summed E-state index contributed by atoms with van der Waals surface area (Å²) < 4.78 is 14.2. The largest absolute Gasteiger partial charge is 0.310 e. The third-order valence-corrected chi connectivity index (χ3v) is 4.47. The molecule has 1 aromatic rings. The third-order valence-electron chi connectivity index (χ3n) is 3.85. The predicted molar refractivity (Wildman–Crippen MR) is 66.5 cm³/mol. The Hall–Kier alpha value is -0.740. The molecule has 1 N–H and O–H groups in total. The van der Waals surface area contributed by atoms with Gasteiger partial charge in [-0.2, -0.15) is 0 Å². The van der Waals surface area contributed by atoms with Crippen LogP contribution in [-0.2, 0) is 0 Å². The maximum atomic E-state index is 13.9. The number of carbonyl (C=O) groups excluding carboxylic acids is 1. The highest BCUT2D eigenvalue weighted by Crippen LogP contribution is 2.36. The van der Waals surface area contributed by atoms with E-state index < -0.39 is 5.82 Å². The number of rotatable bonds is 2. The Morgan fingerprint density at radius 3 is 2.88 bits per heavy atom. The number of hydrogen-bond donors (Lipinski definition) is 1. The van der Waals surface area contributed by atoms with Crippen LogP contribution >= 0.6 is 15.9 Å². The molecule has 17 heavy (non-hydrogen) atoms. The van der Waals surface area contributed by atoms with E-state index >= 15 is 0 Å². The van der Waals surface area contributed by atoms with Crippen molar-refractivity contribution in [2.24, 2.45) is 5.92 Å². The Labute approximate surface area is 108 Å². The molecular formula is C13H13BrFNO. The van der Waals surface area contributed by atoms with Gasteiger partial charge in [0, 0.05) is 18.0 Å². The van der Waals surface area contributed by atoms with Crippen molar-refractivity contribution in [3.05, 3.63) is 34.1 Å². The number of fused-ring (bicyclic) bond motifs is 2. The van der Waals surface area contributed by atoms with Gasteiger partial charge >= 0.3 is 0 Å². The molecule has 0 amide bonds. The van der Waals surface area contributed by atoms with Gasteiger partial charge in [-0.3, -0.25) is 4.79 Å². The van der Waals surface area contributed by atoms with Gasteiger partial charge < -0.3 is 5.32 Å². The molecule has 3 unspecified atom stereocenters. The lowest BCUT2D eigenvalue weighted by Crippen LogP contribution is -2.29. The first-order valence-electron chi connectivity index (χ1n) is 5.91. The number of ketones is 1. The standard InChI is InChI=1S/C13H13BrFNO/c14-10-3-1-2-8(12(10)15)13(17)9-6-7-4-5-11(9)16-7/h1-3,7,9,11,16H,4-6H2. The maximum absolute atomic E-state index is 13.9. The zero-order valence-electron chi connectivity index (χ0n) is 9.25. The lowest BCUT2D eigenvalue weighted by molar-refractivity contribution is 0.0896. The summed E-state index contributed by atoms with van der Waals surface area (Å²) in [5, 5.41) is 3.41. The molecule has 90 valence electrons. The van der Waals surface area contributed by atoms with Crippen molar-refractivity contribution in [2.75, 3.05) is 0 Å². The van der Waals surface area contributed by atoms with E-state index in [9.17, 15) is 9.18 Å². The molecule has 4 heteroatoms. The smallest absolute Gasteiger partial charge is 0.170 e. The summed E-state index contributed by atoms with van der Waals surface area (Å²) in [7, 11) is 0. The highest BCUT2D eigenvalue weighted by Gasteiger charge is 2.43. The highest BCUT2D eigenvalue weighted by molar-refractivity contribution is 9.10. The van der Waals surface area contributed by atoms with Crippen LogP contribution in [0.15, 0.2) is 22.7 Å². The van der Waals surface area contributed by atoms with Crippen LogP contribution in [0.2, 0.25) is 0 Å². The summed E-state index contributed by atoms with van der Waals surface area (Å²) in [6.07, 6.45) is 3.04. The van der Waals surface area contributed by atoms with Crippen LogP contribution in [0, 0.1) is 11.7 Å². The van der Waals surface area contributed by atoms with Crippen molar-refractivity contribution >= 4 is 21.7 Å². The average molecular weight is 298 g/mol. The van der Waals surface area contributed by atoms with E-state index in [1.807, 2.05) is 0 Å². The summed E-state index contributed by atoms with van der Waals surface area (Å²) in [4.78, 5) is 12.3. The quantitative estimate of drug-likeness (QED) is 0.851. The number of carbonyl (C=O) groups is 1. The van der Waals surface area contributed by atoms with Crippen LogP contribution in [0.5, 0.6) is 0 Å². The second-order valence-electron chi connectivity index (χ2n) is 4.86. The van der Waals surface area contributed by atoms with Crippen molar-refractivity contribution in [1.82, 2.24) is 5.32 Å². The van der Waals surface area contributed by atoms with Gasteiger partial charge in [0.05, 0.1) is 10.0 Å². The van der Waals surface area contributed by atoms with Gasteiger partial charge in [-0.1, -0.05) is 6.07 Å². The van der Waals surface area contributed by atoms with E-state index in [0.29, 0.717) is 10.5 Å². The fourth-order valence-corrected chi connectivity index (χ4v) is 3.37. The number of halogens is 2. The molecule has 0 aliphatic carbocycles. The first-order chi connectivity index (χ1) is 8.16. The molecule has 2 bridgehead atoms. The Morgan fingerprint density at radius 1 is 1.41 bits per heavy atom. The normalized spacial score (nSPS) is 30.8. The Morgan fingerprint density at radius 2 is 2.24 bits per heavy atom. The molecule has 1 aromatic carbocycles. The minimum atomic E-state index is -0.430. The van der Waals surface area contributed by atoms with E-state index in [2.05, 4.69) is 21.2 Å². The lowest BCUT2D eigenvalue weighted by atomic mass is 9.83. The lowest BCUT2D eigenvalue weighted by Gasteiger charge is -2.19. The monoisotopic (exact) mass is 297 g/mol. The van der Waals surface area contributed by atoms with Crippen LogP contribution in [0.3, 0.4) is 0 Å². The summed E-state index contributed by atoms with van der Waals surface area (Å²) in [6, 6.07) is 5.62. The predicted octanol–water partition coefficient (Wildman–Crippen LogP) is 2.91. The molecule has 0 spiro atoms. The van der Waals surface area contributed by atoms with Crippen LogP contribution < -0.4 is 5.32 Å². The first kappa shape index (κ1) is 11.4. The zero-order chi connectivity index (χ0) is 12.0. The maximum Gasteiger partial charge on any atom is 0.170 e. The molecule has 0 aromatic heterocycles. The Balaban J connectivity index is 1.89. The summed E-state index contributed by atoms with van der Waals surface area (Å²) >= 11 is 3.12. The fourth-order valence-electron chi connectivity index (χ4n) is 3.01. The molecule has 2 heterocycles. The number of hydrogen-bond acceptors (Lipinski definition) is 2. The van der Waals surface area contributed by atoms with Gasteiger partial charge in [-0.25, -0.2) is 4.39 Å². The average Bonchev–Trinajstić information content (AvgIpc) is 2.94. The molecule has 0 radical (unpaired) electrons. The number of nitrogens with one attached hydrogen (secondary N) is 1. The van der Waals surface area contributed by atoms with Crippen LogP contribution in [0.25, 0.3) is 0 Å². The van der Waals surface area contributed by atoms with Crippen LogP contribution in [0.1, 0.15) is 29.6 Å². The van der Waals surface area contributed by atoms with E-state index in [-0.39, 0.29) is 23.3 Å². The van der Waals surface area contributed by atoms with Gasteiger partial charge in [0.15, 0.2) is 5.78 Å². The van der Waals surface area contributed by atoms with Crippen molar-refractivity contribution in [3.8, 4) is 0 Å². The van der Waals surface area contributed by atoms with Gasteiger partial charge in [0.1, 0.15) is 5.82 Å². The Kier molecular flexibility index (Phi) is 2.79. The minimum Gasteiger partial charge on any atom is -0.310 e. The SMILES string of the molecule is O=C(c1cccc(Br)c1F)C1CC2CCC1N2. The van der Waals surface area contributed by atoms with Crippen molar-refractivity contribution in [2.45, 2.75) is 31.3 Å². The van der Waals surface area contributed by atoms with Gasteiger partial charge in [0.25, 0.3) is 0 Å². The molecule has 2 saturated heterocycles. The van der Waals surface area contributed by atoms with Gasteiger partial charge in [-0.05, 0) is 47.3 Å². The topological polar surface area (TPSA) is 29.1 Å². The molecule has 2 aliphatic rings. The van der Waals surface area contributed by atoms with E-state index in [1.165, 1.54) is 0 Å². The highest BCUT2D eigenvalue weighted by atomic mass is 79.9. The van der Waals surface area contributed by atoms with Crippen molar-refractivity contribution in [3.63, 3.8) is 0 Å². The molecule has 2 aliphatic heterocycles. The molecule has 3 atom stereocenters. The van der Waals surface area contributed by atoms with Gasteiger partial charge in [-0.15, -0.1) is 0 Å². The minimum absolute atomic E-state index is 0.0439. The zero-order valence-corrected chi connectivity index (χ0v) is 10.8. The first-order valence-corrected chi connectivity index (χ1v) is 6.70. The van der Waals surface area contributed by atoms with E-state index in [1.54, 1.807) is 18.2 Å². The van der Waals surface area contributed by atoms with Crippen LogP contribution in [0.4, 0.5) is 4.39 Å². The second kappa shape index (κ2) is 4.18. The fraction of sp³-hybridized carbons (Fsp3) is 0.462. The summed E-state index contributed by atoms with van der Waals surface area (Å²) in [6.45, 7) is 0. The van der Waals surface area contributed by atoms with E-state index in [4.69, 9.17) is 0 Å². The second-order valence-corrected chi connectivity index (χ2v) is 5.71.